The molecule has 0 aliphatic heterocycles. The molecule has 6 nitrogen and oxygen atoms in total. The van der Waals surface area contributed by atoms with Crippen molar-refractivity contribution >= 4 is 22.8 Å². The van der Waals surface area contributed by atoms with Crippen molar-refractivity contribution in [3.63, 3.8) is 0 Å². The molecule has 0 saturated carbocycles. The zero-order chi connectivity index (χ0) is 15.4. The van der Waals surface area contributed by atoms with Crippen molar-refractivity contribution in [2.24, 2.45) is 5.73 Å². The van der Waals surface area contributed by atoms with Crippen LogP contribution in [-0.4, -0.2) is 39.3 Å². The number of fused-ring (bicyclic) bond motifs is 1. The molecule has 2 N–H and O–H groups in total. The van der Waals surface area contributed by atoms with Crippen LogP contribution in [0, 0.1) is 0 Å². The SMILES string of the molecule is NCCOCCn1c(-c2ccncc2)nc2cc(Cl)cnc21. The molecule has 0 aromatic carbocycles. The van der Waals surface area contributed by atoms with Gasteiger partial charge in [0.25, 0.3) is 0 Å². The Morgan fingerprint density at radius 3 is 2.82 bits per heavy atom. The maximum atomic E-state index is 6.01. The van der Waals surface area contributed by atoms with E-state index < -0.39 is 0 Å². The normalized spacial score (nSPS) is 11.2. The van der Waals surface area contributed by atoms with Gasteiger partial charge in [-0.2, -0.15) is 0 Å². The monoisotopic (exact) mass is 317 g/mol. The van der Waals surface area contributed by atoms with Gasteiger partial charge in [-0.15, -0.1) is 0 Å². The molecule has 114 valence electrons. The summed E-state index contributed by atoms with van der Waals surface area (Å²) in [6.45, 7) is 2.24. The number of pyridine rings is 2. The van der Waals surface area contributed by atoms with Crippen LogP contribution in [-0.2, 0) is 11.3 Å². The van der Waals surface area contributed by atoms with Gasteiger partial charge in [-0.3, -0.25) is 4.98 Å². The molecule has 0 aliphatic carbocycles. The van der Waals surface area contributed by atoms with Gasteiger partial charge < -0.3 is 15.0 Å². The fourth-order valence-corrected chi connectivity index (χ4v) is 2.41. The van der Waals surface area contributed by atoms with E-state index in [0.29, 0.717) is 31.3 Å². The van der Waals surface area contributed by atoms with Crippen LogP contribution < -0.4 is 5.73 Å². The van der Waals surface area contributed by atoms with Gasteiger partial charge in [0.2, 0.25) is 0 Å². The number of nitrogens with two attached hydrogens (primary N) is 1. The van der Waals surface area contributed by atoms with E-state index in [2.05, 4.69) is 15.0 Å². The Labute approximate surface area is 132 Å². The smallest absolute Gasteiger partial charge is 0.160 e. The number of hydrogen-bond donors (Lipinski definition) is 1. The molecule has 3 aromatic rings. The highest BCUT2D eigenvalue weighted by Crippen LogP contribution is 2.24. The van der Waals surface area contributed by atoms with Crippen molar-refractivity contribution in [2.75, 3.05) is 19.8 Å². The van der Waals surface area contributed by atoms with Gasteiger partial charge in [0, 0.05) is 37.2 Å². The number of nitrogens with zero attached hydrogens (tertiary/aromatic N) is 4. The molecule has 0 radical (unpaired) electrons. The molecule has 0 fully saturated rings. The average Bonchev–Trinajstić information content (AvgIpc) is 2.90. The van der Waals surface area contributed by atoms with E-state index in [0.717, 1.165) is 22.6 Å². The van der Waals surface area contributed by atoms with Gasteiger partial charge in [-0.25, -0.2) is 9.97 Å². The van der Waals surface area contributed by atoms with Crippen LogP contribution in [0.15, 0.2) is 36.8 Å². The minimum Gasteiger partial charge on any atom is -0.378 e. The summed E-state index contributed by atoms with van der Waals surface area (Å²) in [5.74, 6) is 0.823. The fourth-order valence-electron chi connectivity index (χ4n) is 2.26. The number of rotatable bonds is 6. The van der Waals surface area contributed by atoms with Crippen LogP contribution in [0.25, 0.3) is 22.6 Å². The molecule has 7 heteroatoms. The van der Waals surface area contributed by atoms with Crippen molar-refractivity contribution in [1.29, 1.82) is 0 Å². The van der Waals surface area contributed by atoms with Gasteiger partial charge in [-0.05, 0) is 18.2 Å². The first-order valence-electron chi connectivity index (χ1n) is 6.99. The predicted octanol–water partition coefficient (Wildman–Crippen LogP) is 2.12. The fraction of sp³-hybridized carbons (Fsp3) is 0.267. The van der Waals surface area contributed by atoms with Crippen LogP contribution in [0.5, 0.6) is 0 Å². The highest BCUT2D eigenvalue weighted by atomic mass is 35.5. The van der Waals surface area contributed by atoms with Gasteiger partial charge in [0.05, 0.1) is 18.2 Å². The first kappa shape index (κ1) is 14.9. The Morgan fingerprint density at radius 2 is 2.05 bits per heavy atom. The summed E-state index contributed by atoms with van der Waals surface area (Å²) < 4.78 is 7.51. The number of ether oxygens (including phenoxy) is 1. The third kappa shape index (κ3) is 3.09. The Balaban J connectivity index is 2.01. The summed E-state index contributed by atoms with van der Waals surface area (Å²) in [7, 11) is 0. The lowest BCUT2D eigenvalue weighted by molar-refractivity contribution is 0.134. The Hall–Kier alpha value is -2.02. The van der Waals surface area contributed by atoms with Crippen LogP contribution in [0.2, 0.25) is 5.02 Å². The first-order chi connectivity index (χ1) is 10.8. The second kappa shape index (κ2) is 6.83. The molecule has 3 aromatic heterocycles. The molecule has 0 saturated heterocycles. The summed E-state index contributed by atoms with van der Waals surface area (Å²) >= 11 is 6.01. The highest BCUT2D eigenvalue weighted by molar-refractivity contribution is 6.31. The summed E-state index contributed by atoms with van der Waals surface area (Å²) in [5.41, 5.74) is 7.96. The Morgan fingerprint density at radius 1 is 1.23 bits per heavy atom. The lowest BCUT2D eigenvalue weighted by Crippen LogP contribution is -2.13. The lowest BCUT2D eigenvalue weighted by Gasteiger charge is -2.09. The van der Waals surface area contributed by atoms with Crippen molar-refractivity contribution in [3.05, 3.63) is 41.8 Å². The van der Waals surface area contributed by atoms with Gasteiger partial charge >= 0.3 is 0 Å². The third-order valence-electron chi connectivity index (χ3n) is 3.21. The topological polar surface area (TPSA) is 78.9 Å². The Bertz CT molecular complexity index is 759. The zero-order valence-electron chi connectivity index (χ0n) is 11.9. The molecule has 3 heterocycles. The zero-order valence-corrected chi connectivity index (χ0v) is 12.7. The van der Waals surface area contributed by atoms with Gasteiger partial charge in [0.1, 0.15) is 11.3 Å². The number of halogens is 1. The predicted molar refractivity (Wildman–Crippen MR) is 85.6 cm³/mol. The standard InChI is InChI=1S/C15H16ClN5O/c16-12-9-13-15(19-10-12)21(6-8-22-7-3-17)14(20-13)11-1-4-18-5-2-11/h1-2,4-5,9-10H,3,6-8,17H2. The summed E-state index contributed by atoms with van der Waals surface area (Å²) in [6.07, 6.45) is 5.10. The molecular weight excluding hydrogens is 302 g/mol. The van der Waals surface area contributed by atoms with E-state index in [-0.39, 0.29) is 0 Å². The Kier molecular flexibility index (Phi) is 4.62. The van der Waals surface area contributed by atoms with E-state index in [1.165, 1.54) is 0 Å². The van der Waals surface area contributed by atoms with E-state index >= 15 is 0 Å². The summed E-state index contributed by atoms with van der Waals surface area (Å²) in [4.78, 5) is 13.1. The van der Waals surface area contributed by atoms with E-state index in [9.17, 15) is 0 Å². The first-order valence-corrected chi connectivity index (χ1v) is 7.37. The largest absolute Gasteiger partial charge is 0.378 e. The lowest BCUT2D eigenvalue weighted by atomic mass is 10.2. The third-order valence-corrected chi connectivity index (χ3v) is 3.42. The van der Waals surface area contributed by atoms with E-state index in [1.807, 2.05) is 22.8 Å². The quantitative estimate of drug-likeness (QED) is 0.704. The van der Waals surface area contributed by atoms with Crippen LogP contribution in [0.4, 0.5) is 0 Å². The second-order valence-corrected chi connectivity index (χ2v) is 5.16. The molecule has 0 bridgehead atoms. The van der Waals surface area contributed by atoms with Crippen LogP contribution in [0.1, 0.15) is 0 Å². The molecule has 0 amide bonds. The molecule has 0 aliphatic rings. The number of hydrogen-bond acceptors (Lipinski definition) is 5. The number of imidazole rings is 1. The van der Waals surface area contributed by atoms with Crippen molar-refractivity contribution in [3.8, 4) is 11.4 Å². The van der Waals surface area contributed by atoms with E-state index in [1.54, 1.807) is 18.6 Å². The molecule has 3 rings (SSSR count). The van der Waals surface area contributed by atoms with Crippen LogP contribution in [0.3, 0.4) is 0 Å². The van der Waals surface area contributed by atoms with E-state index in [4.69, 9.17) is 22.1 Å². The number of aromatic nitrogens is 4. The minimum atomic E-state index is 0.510. The molecule has 0 unspecified atom stereocenters. The van der Waals surface area contributed by atoms with Crippen molar-refractivity contribution in [2.45, 2.75) is 6.54 Å². The minimum absolute atomic E-state index is 0.510. The van der Waals surface area contributed by atoms with Gasteiger partial charge in [0.15, 0.2) is 5.65 Å². The van der Waals surface area contributed by atoms with Crippen molar-refractivity contribution in [1.82, 2.24) is 19.5 Å². The molecule has 22 heavy (non-hydrogen) atoms. The maximum absolute atomic E-state index is 6.01. The van der Waals surface area contributed by atoms with Crippen LogP contribution >= 0.6 is 11.6 Å². The maximum Gasteiger partial charge on any atom is 0.160 e. The summed E-state index contributed by atoms with van der Waals surface area (Å²) in [6, 6.07) is 5.64. The second-order valence-electron chi connectivity index (χ2n) is 4.72. The molecule has 0 spiro atoms. The summed E-state index contributed by atoms with van der Waals surface area (Å²) in [5, 5.41) is 0.567. The molecule has 0 atom stereocenters. The van der Waals surface area contributed by atoms with Gasteiger partial charge in [-0.1, -0.05) is 11.6 Å². The van der Waals surface area contributed by atoms with Crippen molar-refractivity contribution < 1.29 is 4.74 Å². The highest BCUT2D eigenvalue weighted by Gasteiger charge is 2.13. The average molecular weight is 318 g/mol. The molecular formula is C15H16ClN5O.